The first-order valence-corrected chi connectivity index (χ1v) is 29.9. The minimum absolute atomic E-state index is 0.0174. The fourth-order valence-corrected chi connectivity index (χ4v) is 16.1. The standard InChI is InChI=1S/C65H93NO15/c1-15-51-64(10,73)56(69)36(4)53(67)34(2)29-62(8,72)57(81-61-54(68)49(66(11)12)22-35(3)76-61)37(5)55(38(6)59(70)78-51)79-52-33-63(9,75-14)58(39(7)77-52)80-60(71)47-19-18-43-26-44(16-17-45(43)27-47)46-20-21-50(74-13)48(28-46)65-30-40-23-41(31-65)25-42(24-40)32-65/h16-21,26-28,34-42,49,51-52,54-58,61,68-69,72-73H,15,22-25,29-33H2,1-14H3/t34-,35+,36+,37+,38-,39+,40?,41?,42?,49-,51-,52+,54+,55+,56-,57-,58+,61-,62-,63-,64-,65?/m1/s1. The molecule has 3 heterocycles. The van der Waals surface area contributed by atoms with E-state index in [1.807, 2.05) is 51.0 Å². The van der Waals surface area contributed by atoms with Gasteiger partial charge in [0.25, 0.3) is 0 Å². The fourth-order valence-electron chi connectivity index (χ4n) is 16.1. The smallest absolute Gasteiger partial charge is 0.338 e. The number of carbonyl (C=O) groups excluding carboxylic acids is 3. The van der Waals surface area contributed by atoms with E-state index in [9.17, 15) is 34.8 Å². The van der Waals surface area contributed by atoms with E-state index in [1.165, 1.54) is 72.0 Å². The molecule has 16 nitrogen and oxygen atoms in total. The van der Waals surface area contributed by atoms with E-state index in [1.54, 1.807) is 47.8 Å². The molecule has 4 aliphatic carbocycles. The predicted molar refractivity (Wildman–Crippen MR) is 305 cm³/mol. The topological polar surface area (TPSA) is 209 Å². The maximum Gasteiger partial charge on any atom is 0.338 e. The number of rotatable bonds is 12. The minimum atomic E-state index is -2.05. The number of likely N-dealkylation sites (N-methyl/N-ethyl adjacent to an activating group) is 1. The number of nitrogens with zero attached hydrogens (tertiary/aromatic N) is 1. The van der Waals surface area contributed by atoms with Gasteiger partial charge in [-0.05, 0) is 189 Å². The average Bonchev–Trinajstić information content (AvgIpc) is 3.60. The third-order valence-electron chi connectivity index (χ3n) is 20.2. The molecule has 0 spiro atoms. The number of cyclic esters (lactones) is 1. The molecule has 16 heteroatoms. The summed E-state index contributed by atoms with van der Waals surface area (Å²) in [5, 5.41) is 49.8. The molecule has 4 N–H and O–H groups in total. The summed E-state index contributed by atoms with van der Waals surface area (Å²) in [4.78, 5) is 44.9. The number of aliphatic hydroxyl groups excluding tert-OH is 2. The van der Waals surface area contributed by atoms with Crippen LogP contribution in [0.5, 0.6) is 5.75 Å². The lowest BCUT2D eigenvalue weighted by Crippen LogP contribution is -2.61. The number of methoxy groups -OCH3 is 2. The molecule has 3 saturated heterocycles. The van der Waals surface area contributed by atoms with Gasteiger partial charge >= 0.3 is 11.9 Å². The molecular formula is C65H93NO15. The molecule has 3 aromatic carbocycles. The summed E-state index contributed by atoms with van der Waals surface area (Å²) in [7, 11) is 7.01. The van der Waals surface area contributed by atoms with Crippen molar-refractivity contribution in [3.05, 3.63) is 65.7 Å². The Balaban J connectivity index is 0.965. The second-order valence-corrected chi connectivity index (χ2v) is 26.7. The van der Waals surface area contributed by atoms with Gasteiger partial charge < -0.3 is 63.2 Å². The second-order valence-electron chi connectivity index (χ2n) is 26.7. The van der Waals surface area contributed by atoms with Crippen molar-refractivity contribution >= 4 is 28.5 Å². The Hall–Kier alpha value is -4.07. The Morgan fingerprint density at radius 2 is 1.36 bits per heavy atom. The van der Waals surface area contributed by atoms with Crippen molar-refractivity contribution in [1.82, 2.24) is 4.90 Å². The van der Waals surface area contributed by atoms with Crippen LogP contribution in [0, 0.1) is 41.4 Å². The van der Waals surface area contributed by atoms with Gasteiger partial charge in [-0.3, -0.25) is 9.59 Å². The van der Waals surface area contributed by atoms with Gasteiger partial charge in [0.1, 0.15) is 34.9 Å². The van der Waals surface area contributed by atoms with E-state index in [0.717, 1.165) is 45.4 Å². The number of hydrogen-bond donors (Lipinski definition) is 4. The first-order valence-electron chi connectivity index (χ1n) is 29.9. The van der Waals surface area contributed by atoms with Gasteiger partial charge in [0.05, 0.1) is 54.7 Å². The third kappa shape index (κ3) is 12.1. The lowest BCUT2D eigenvalue weighted by Gasteiger charge is -2.57. The highest BCUT2D eigenvalue weighted by Crippen LogP contribution is 2.62. The second kappa shape index (κ2) is 23.8. The number of ketones is 1. The van der Waals surface area contributed by atoms with Crippen LogP contribution in [0.2, 0.25) is 0 Å². The van der Waals surface area contributed by atoms with Crippen molar-refractivity contribution in [2.45, 2.75) is 223 Å². The summed E-state index contributed by atoms with van der Waals surface area (Å²) in [6, 6.07) is 18.2. The molecule has 3 aliphatic heterocycles. The molecule has 4 bridgehead atoms. The quantitative estimate of drug-likeness (QED) is 0.125. The molecule has 0 amide bonds. The summed E-state index contributed by atoms with van der Waals surface area (Å²) in [6.07, 6.45) is -2.62. The van der Waals surface area contributed by atoms with Crippen LogP contribution in [-0.4, -0.2) is 156 Å². The van der Waals surface area contributed by atoms with Gasteiger partial charge in [-0.15, -0.1) is 0 Å². The minimum Gasteiger partial charge on any atom is -0.496 e. The van der Waals surface area contributed by atoms with E-state index < -0.39 is 114 Å². The van der Waals surface area contributed by atoms with Crippen LogP contribution in [0.1, 0.15) is 149 Å². The Kier molecular flexibility index (Phi) is 18.0. The molecule has 0 unspecified atom stereocenters. The van der Waals surface area contributed by atoms with Gasteiger partial charge in [0, 0.05) is 42.9 Å². The summed E-state index contributed by atoms with van der Waals surface area (Å²) in [6.45, 7) is 16.5. The fraction of sp³-hybridized carbons (Fsp3) is 0.708. The van der Waals surface area contributed by atoms with E-state index in [0.29, 0.717) is 12.0 Å². The van der Waals surface area contributed by atoms with Crippen LogP contribution in [0.3, 0.4) is 0 Å². The maximum absolute atomic E-state index is 14.6. The van der Waals surface area contributed by atoms with Crippen LogP contribution in [0.25, 0.3) is 21.9 Å². The van der Waals surface area contributed by atoms with Crippen LogP contribution < -0.4 is 4.74 Å². The van der Waals surface area contributed by atoms with E-state index in [2.05, 4.69) is 30.3 Å². The highest BCUT2D eigenvalue weighted by atomic mass is 16.7. The molecule has 7 aliphatic rings. The third-order valence-corrected chi connectivity index (χ3v) is 20.2. The molecule has 81 heavy (non-hydrogen) atoms. The zero-order valence-corrected chi connectivity index (χ0v) is 50.4. The SMILES string of the molecule is CC[C@H]1OC(=O)[C@H](C)[C@@H](O[C@H]2C[C@@](C)(OC)[C@@H](OC(=O)c3ccc4cc(-c5ccc(OC)c(C67CC8CC(CC(C8)C6)C7)c5)ccc4c3)[C@H](C)O2)[C@H](C)[C@@H](O[C@H]2O[C@@H](C)C[C@@H](N(C)C)[C@@H]2O)[C@](C)(O)C[C@@H](C)C(=O)[C@H](C)[C@@H](O)[C@]1(C)O. The highest BCUT2D eigenvalue weighted by Gasteiger charge is 2.56. The lowest BCUT2D eigenvalue weighted by atomic mass is 9.48. The summed E-state index contributed by atoms with van der Waals surface area (Å²) in [5.74, 6) is -2.43. The molecule has 10 rings (SSSR count). The number of fused-ring (bicyclic) bond motifs is 1. The number of benzene rings is 3. The van der Waals surface area contributed by atoms with Gasteiger partial charge in [0.2, 0.25) is 0 Å². The lowest BCUT2D eigenvalue weighted by molar-refractivity contribution is -0.317. The van der Waals surface area contributed by atoms with Crippen LogP contribution in [0.15, 0.2) is 54.6 Å². The van der Waals surface area contributed by atoms with Gasteiger partial charge in [-0.2, -0.15) is 0 Å². The highest BCUT2D eigenvalue weighted by molar-refractivity contribution is 5.97. The van der Waals surface area contributed by atoms with Crippen LogP contribution in [-0.2, 0) is 48.2 Å². The Bertz CT molecular complexity index is 2710. The Morgan fingerprint density at radius 3 is 1.98 bits per heavy atom. The monoisotopic (exact) mass is 1130 g/mol. The molecule has 0 radical (unpaired) electrons. The number of esters is 2. The summed E-state index contributed by atoms with van der Waals surface area (Å²) < 4.78 is 51.2. The number of hydrogen-bond acceptors (Lipinski definition) is 16. The molecule has 3 aromatic rings. The van der Waals surface area contributed by atoms with Gasteiger partial charge in [-0.25, -0.2) is 4.79 Å². The molecule has 18 atom stereocenters. The predicted octanol–water partition coefficient (Wildman–Crippen LogP) is 8.95. The first kappa shape index (κ1) is 61.5. The first-order chi connectivity index (χ1) is 38.1. The number of carbonyl (C=O) groups is 3. The zero-order valence-electron chi connectivity index (χ0n) is 50.4. The maximum atomic E-state index is 14.6. The van der Waals surface area contributed by atoms with E-state index in [4.69, 9.17) is 37.9 Å². The Labute approximate surface area is 479 Å². The number of ether oxygens (including phenoxy) is 8. The van der Waals surface area contributed by atoms with E-state index in [-0.39, 0.29) is 36.8 Å². The molecular weight excluding hydrogens is 1030 g/mol. The van der Waals surface area contributed by atoms with Crippen LogP contribution >= 0.6 is 0 Å². The van der Waals surface area contributed by atoms with Crippen LogP contribution in [0.4, 0.5) is 0 Å². The van der Waals surface area contributed by atoms with E-state index >= 15 is 0 Å². The van der Waals surface area contributed by atoms with Crippen molar-refractivity contribution in [2.24, 2.45) is 41.4 Å². The zero-order chi connectivity index (χ0) is 58.8. The van der Waals surface area contributed by atoms with Crippen molar-refractivity contribution in [2.75, 3.05) is 28.3 Å². The van der Waals surface area contributed by atoms with Gasteiger partial charge in [0.15, 0.2) is 18.7 Å². The largest absolute Gasteiger partial charge is 0.496 e. The molecule has 0 aromatic heterocycles. The number of Topliss-reactive ketones (excluding diaryl/α,β-unsaturated/α-hetero) is 1. The average molecular weight is 1130 g/mol. The van der Waals surface area contributed by atoms with Crippen molar-refractivity contribution in [3.8, 4) is 16.9 Å². The summed E-state index contributed by atoms with van der Waals surface area (Å²) >= 11 is 0. The normalized spacial score (nSPS) is 42.4. The molecule has 4 saturated carbocycles. The molecule has 448 valence electrons. The summed E-state index contributed by atoms with van der Waals surface area (Å²) in [5.41, 5.74) is -1.00. The Morgan fingerprint density at radius 1 is 0.741 bits per heavy atom. The van der Waals surface area contributed by atoms with Crippen molar-refractivity contribution < 1.29 is 72.7 Å². The molecule has 7 fully saturated rings. The van der Waals surface area contributed by atoms with Gasteiger partial charge in [-0.1, -0.05) is 52.0 Å². The number of aliphatic hydroxyl groups is 4. The van der Waals surface area contributed by atoms with Crippen molar-refractivity contribution in [1.29, 1.82) is 0 Å². The van der Waals surface area contributed by atoms with Crippen molar-refractivity contribution in [3.63, 3.8) is 0 Å².